The number of thiazole rings is 1. The van der Waals surface area contributed by atoms with E-state index in [1.807, 2.05) is 24.3 Å². The van der Waals surface area contributed by atoms with Crippen molar-refractivity contribution < 1.29 is 0 Å². The molecule has 0 saturated heterocycles. The number of hydrogen-bond acceptors (Lipinski definition) is 4. The first kappa shape index (κ1) is 14.0. The van der Waals surface area contributed by atoms with Crippen LogP contribution >= 0.6 is 11.3 Å². The highest BCUT2D eigenvalue weighted by Crippen LogP contribution is 2.31. The molecule has 2 aromatic heterocycles. The molecule has 4 nitrogen and oxygen atoms in total. The minimum atomic E-state index is 0.267. The molecule has 1 aromatic carbocycles. The van der Waals surface area contributed by atoms with Gasteiger partial charge in [-0.1, -0.05) is 30.3 Å². The molecular weight excluding hydrogens is 280 g/mol. The molecule has 0 amide bonds. The number of aryl methyl sites for hydroxylation is 1. The summed E-state index contributed by atoms with van der Waals surface area (Å²) in [5.41, 5.74) is 3.37. The van der Waals surface area contributed by atoms with E-state index in [0.29, 0.717) is 0 Å². The Morgan fingerprint density at radius 3 is 2.76 bits per heavy atom. The summed E-state index contributed by atoms with van der Waals surface area (Å²) in [6.45, 7) is 5.03. The molecular formula is C16H18N4S. The average Bonchev–Trinajstić information content (AvgIpc) is 3.15. The molecule has 0 spiro atoms. The van der Waals surface area contributed by atoms with E-state index in [9.17, 15) is 0 Å². The lowest BCUT2D eigenvalue weighted by atomic mass is 10.2. The van der Waals surface area contributed by atoms with E-state index in [1.54, 1.807) is 17.5 Å². The summed E-state index contributed by atoms with van der Waals surface area (Å²) in [5.74, 6) is 0. The van der Waals surface area contributed by atoms with Gasteiger partial charge < -0.3 is 5.32 Å². The number of aromatic amines is 1. The third-order valence-electron chi connectivity index (χ3n) is 3.40. The number of rotatable bonds is 5. The van der Waals surface area contributed by atoms with Crippen LogP contribution in [0.4, 0.5) is 0 Å². The molecule has 0 radical (unpaired) electrons. The van der Waals surface area contributed by atoms with Crippen LogP contribution in [0, 0.1) is 6.92 Å². The molecule has 1 unspecified atom stereocenters. The van der Waals surface area contributed by atoms with Crippen LogP contribution in [0.25, 0.3) is 10.6 Å². The van der Waals surface area contributed by atoms with Crippen molar-refractivity contribution in [2.24, 2.45) is 0 Å². The highest BCUT2D eigenvalue weighted by molar-refractivity contribution is 7.15. The molecule has 0 aliphatic heterocycles. The first-order chi connectivity index (χ1) is 10.2. The van der Waals surface area contributed by atoms with Crippen molar-refractivity contribution in [1.82, 2.24) is 20.5 Å². The molecule has 0 aliphatic carbocycles. The number of benzene rings is 1. The second-order valence-corrected chi connectivity index (χ2v) is 6.05. The van der Waals surface area contributed by atoms with E-state index in [-0.39, 0.29) is 6.04 Å². The Labute approximate surface area is 128 Å². The predicted octanol–water partition coefficient (Wildman–Crippen LogP) is 3.69. The topological polar surface area (TPSA) is 53.6 Å². The number of nitrogens with one attached hydrogen (secondary N) is 2. The second-order valence-electron chi connectivity index (χ2n) is 5.02. The third kappa shape index (κ3) is 3.20. The van der Waals surface area contributed by atoms with Crippen LogP contribution in [0.3, 0.4) is 0 Å². The van der Waals surface area contributed by atoms with E-state index in [1.165, 1.54) is 10.4 Å². The summed E-state index contributed by atoms with van der Waals surface area (Å²) in [5, 5.41) is 11.5. The zero-order chi connectivity index (χ0) is 14.7. The summed E-state index contributed by atoms with van der Waals surface area (Å²) >= 11 is 1.76. The van der Waals surface area contributed by atoms with Gasteiger partial charge >= 0.3 is 0 Å². The summed E-state index contributed by atoms with van der Waals surface area (Å²) in [4.78, 5) is 5.99. The van der Waals surface area contributed by atoms with Gasteiger partial charge in [-0.05, 0) is 19.9 Å². The second kappa shape index (κ2) is 6.20. The number of aromatic nitrogens is 3. The molecule has 3 aromatic rings. The van der Waals surface area contributed by atoms with E-state index in [0.717, 1.165) is 22.9 Å². The SMILES string of the molecule is Cc1nc(-c2ccccc2)sc1C(C)NCc1ccn[nH]1. The maximum atomic E-state index is 4.71. The third-order valence-corrected chi connectivity index (χ3v) is 4.79. The summed E-state index contributed by atoms with van der Waals surface area (Å²) in [6, 6.07) is 12.6. The largest absolute Gasteiger partial charge is 0.304 e. The van der Waals surface area contributed by atoms with Gasteiger partial charge in [-0.2, -0.15) is 5.10 Å². The fourth-order valence-corrected chi connectivity index (χ4v) is 3.35. The van der Waals surface area contributed by atoms with Crippen LogP contribution in [-0.2, 0) is 6.54 Å². The molecule has 108 valence electrons. The first-order valence-corrected chi connectivity index (χ1v) is 7.80. The van der Waals surface area contributed by atoms with Gasteiger partial charge in [0, 0.05) is 34.9 Å². The Hall–Kier alpha value is -1.98. The Bertz CT molecular complexity index is 688. The molecule has 0 fully saturated rings. The maximum absolute atomic E-state index is 4.71. The summed E-state index contributed by atoms with van der Waals surface area (Å²) in [7, 11) is 0. The van der Waals surface area contributed by atoms with Gasteiger partial charge in [-0.3, -0.25) is 5.10 Å². The minimum absolute atomic E-state index is 0.267. The predicted molar refractivity (Wildman–Crippen MR) is 86.1 cm³/mol. The average molecular weight is 298 g/mol. The highest BCUT2D eigenvalue weighted by Gasteiger charge is 2.15. The van der Waals surface area contributed by atoms with Crippen molar-refractivity contribution in [3.8, 4) is 10.6 Å². The monoisotopic (exact) mass is 298 g/mol. The van der Waals surface area contributed by atoms with Gasteiger partial charge in [-0.15, -0.1) is 11.3 Å². The van der Waals surface area contributed by atoms with Gasteiger partial charge in [0.15, 0.2) is 0 Å². The van der Waals surface area contributed by atoms with Crippen LogP contribution in [0.2, 0.25) is 0 Å². The zero-order valence-electron chi connectivity index (χ0n) is 12.1. The Kier molecular flexibility index (Phi) is 4.13. The Morgan fingerprint density at radius 2 is 2.05 bits per heavy atom. The van der Waals surface area contributed by atoms with Gasteiger partial charge in [0.05, 0.1) is 5.69 Å². The summed E-state index contributed by atoms with van der Waals surface area (Å²) in [6.07, 6.45) is 1.77. The number of nitrogens with zero attached hydrogens (tertiary/aromatic N) is 2. The van der Waals surface area contributed by atoms with Crippen molar-refractivity contribution in [1.29, 1.82) is 0 Å². The first-order valence-electron chi connectivity index (χ1n) is 6.98. The van der Waals surface area contributed by atoms with Crippen LogP contribution in [-0.4, -0.2) is 15.2 Å². The van der Waals surface area contributed by atoms with Gasteiger partial charge in [0.2, 0.25) is 0 Å². The quantitative estimate of drug-likeness (QED) is 0.755. The van der Waals surface area contributed by atoms with E-state index in [2.05, 4.69) is 41.5 Å². The van der Waals surface area contributed by atoms with Crippen molar-refractivity contribution in [2.75, 3.05) is 0 Å². The lowest BCUT2D eigenvalue weighted by Gasteiger charge is -2.11. The fraction of sp³-hybridized carbons (Fsp3) is 0.250. The minimum Gasteiger partial charge on any atom is -0.304 e. The molecule has 21 heavy (non-hydrogen) atoms. The molecule has 5 heteroatoms. The van der Waals surface area contributed by atoms with Crippen molar-refractivity contribution in [2.45, 2.75) is 26.4 Å². The Morgan fingerprint density at radius 1 is 1.24 bits per heavy atom. The number of hydrogen-bond donors (Lipinski definition) is 2. The van der Waals surface area contributed by atoms with E-state index < -0.39 is 0 Å². The Balaban J connectivity index is 1.74. The lowest BCUT2D eigenvalue weighted by molar-refractivity contribution is 0.571. The van der Waals surface area contributed by atoms with Gasteiger partial charge in [-0.25, -0.2) is 4.98 Å². The van der Waals surface area contributed by atoms with E-state index in [4.69, 9.17) is 4.98 Å². The standard InChI is InChI=1S/C16H18N4S/c1-11(17-10-14-8-9-18-20-14)15-12(2)19-16(21-15)13-6-4-3-5-7-13/h3-9,11,17H,10H2,1-2H3,(H,18,20). The van der Waals surface area contributed by atoms with Crippen LogP contribution in [0.15, 0.2) is 42.6 Å². The zero-order valence-corrected chi connectivity index (χ0v) is 12.9. The van der Waals surface area contributed by atoms with Crippen molar-refractivity contribution in [3.05, 3.63) is 58.9 Å². The molecule has 3 rings (SSSR count). The number of H-pyrrole nitrogens is 1. The molecule has 0 aliphatic rings. The molecule has 2 N–H and O–H groups in total. The van der Waals surface area contributed by atoms with Crippen LogP contribution in [0.1, 0.15) is 29.2 Å². The molecule has 0 saturated carbocycles. The van der Waals surface area contributed by atoms with Crippen molar-refractivity contribution >= 4 is 11.3 Å². The lowest BCUT2D eigenvalue weighted by Crippen LogP contribution is -2.18. The van der Waals surface area contributed by atoms with Crippen molar-refractivity contribution in [3.63, 3.8) is 0 Å². The molecule has 2 heterocycles. The highest BCUT2D eigenvalue weighted by atomic mass is 32.1. The maximum Gasteiger partial charge on any atom is 0.123 e. The normalized spacial score (nSPS) is 12.5. The van der Waals surface area contributed by atoms with Crippen LogP contribution in [0.5, 0.6) is 0 Å². The smallest absolute Gasteiger partial charge is 0.123 e. The van der Waals surface area contributed by atoms with E-state index >= 15 is 0 Å². The summed E-state index contributed by atoms with van der Waals surface area (Å²) < 4.78 is 0. The van der Waals surface area contributed by atoms with Gasteiger partial charge in [0.25, 0.3) is 0 Å². The van der Waals surface area contributed by atoms with Crippen LogP contribution < -0.4 is 5.32 Å². The molecule has 1 atom stereocenters. The van der Waals surface area contributed by atoms with Gasteiger partial charge in [0.1, 0.15) is 5.01 Å². The fourth-order valence-electron chi connectivity index (χ4n) is 2.25. The molecule has 0 bridgehead atoms.